The molecule has 0 aliphatic heterocycles. The van der Waals surface area contributed by atoms with E-state index in [1.807, 2.05) is 38.1 Å². The van der Waals surface area contributed by atoms with Gasteiger partial charge in [0.15, 0.2) is 5.96 Å². The third kappa shape index (κ3) is 5.33. The van der Waals surface area contributed by atoms with E-state index in [1.54, 1.807) is 0 Å². The van der Waals surface area contributed by atoms with Crippen LogP contribution in [0.1, 0.15) is 30.5 Å². The van der Waals surface area contributed by atoms with Crippen molar-refractivity contribution in [3.8, 4) is 5.75 Å². The van der Waals surface area contributed by atoms with Crippen molar-refractivity contribution in [2.45, 2.75) is 40.3 Å². The molecule has 3 N–H and O–H groups in total. The summed E-state index contributed by atoms with van der Waals surface area (Å²) < 4.78 is 5.61. The van der Waals surface area contributed by atoms with E-state index in [4.69, 9.17) is 10.5 Å². The molecule has 2 aromatic rings. The number of guanidine groups is 1. The molecular weight excluding hydrogens is 286 g/mol. The predicted molar refractivity (Wildman–Crippen MR) is 97.1 cm³/mol. The molecule has 0 amide bonds. The summed E-state index contributed by atoms with van der Waals surface area (Å²) in [6.45, 7) is 8.75. The Bertz CT molecular complexity index is 676. The van der Waals surface area contributed by atoms with Crippen LogP contribution in [0.3, 0.4) is 0 Å². The van der Waals surface area contributed by atoms with Crippen molar-refractivity contribution in [3.63, 3.8) is 0 Å². The molecule has 0 unspecified atom stereocenters. The molecule has 0 aliphatic carbocycles. The number of ether oxygens (including phenoxy) is 1. The molecule has 0 aliphatic rings. The second-order valence-corrected chi connectivity index (χ2v) is 5.95. The Balaban J connectivity index is 1.96. The summed E-state index contributed by atoms with van der Waals surface area (Å²) in [5.74, 6) is 1.25. The van der Waals surface area contributed by atoms with Gasteiger partial charge in [-0.1, -0.05) is 23.8 Å². The summed E-state index contributed by atoms with van der Waals surface area (Å²) in [5, 5.41) is 3.10. The largest absolute Gasteiger partial charge is 0.491 e. The lowest BCUT2D eigenvalue weighted by Crippen LogP contribution is -2.22. The van der Waals surface area contributed by atoms with Crippen LogP contribution in [-0.2, 0) is 6.54 Å². The highest BCUT2D eigenvalue weighted by atomic mass is 16.5. The van der Waals surface area contributed by atoms with Gasteiger partial charge in [0, 0.05) is 5.69 Å². The fourth-order valence-electron chi connectivity index (χ4n) is 2.27. The van der Waals surface area contributed by atoms with Crippen molar-refractivity contribution >= 4 is 11.6 Å². The lowest BCUT2D eigenvalue weighted by atomic mass is 10.1. The molecule has 122 valence electrons. The molecule has 0 bridgehead atoms. The second kappa shape index (κ2) is 7.68. The Kier molecular flexibility index (Phi) is 5.63. The molecule has 4 nitrogen and oxygen atoms in total. The van der Waals surface area contributed by atoms with Crippen LogP contribution in [0.15, 0.2) is 47.5 Å². The number of aliphatic imine (C=N–C) groups is 1. The van der Waals surface area contributed by atoms with Gasteiger partial charge in [0.2, 0.25) is 0 Å². The fraction of sp³-hybridized carbons (Fsp3) is 0.316. The van der Waals surface area contributed by atoms with Crippen molar-refractivity contribution in [3.05, 3.63) is 59.2 Å². The first kappa shape index (κ1) is 16.9. The van der Waals surface area contributed by atoms with Crippen molar-refractivity contribution < 1.29 is 4.74 Å². The Hall–Kier alpha value is -2.49. The summed E-state index contributed by atoms with van der Waals surface area (Å²) in [6.07, 6.45) is 0.165. The average Bonchev–Trinajstić information content (AvgIpc) is 2.48. The zero-order valence-corrected chi connectivity index (χ0v) is 14.3. The number of hydrogen-bond acceptors (Lipinski definition) is 2. The average molecular weight is 311 g/mol. The van der Waals surface area contributed by atoms with Gasteiger partial charge in [-0.3, -0.25) is 0 Å². The molecule has 0 aromatic heterocycles. The lowest BCUT2D eigenvalue weighted by molar-refractivity contribution is 0.242. The molecule has 0 fully saturated rings. The quantitative estimate of drug-likeness (QED) is 0.647. The van der Waals surface area contributed by atoms with Crippen molar-refractivity contribution in [2.24, 2.45) is 10.7 Å². The SMILES string of the molecule is Cc1ccc(CN=C(N)Nc2ccc(OC(C)C)cc2)c(C)c1. The number of hydrogen-bond donors (Lipinski definition) is 2. The molecule has 0 atom stereocenters. The zero-order chi connectivity index (χ0) is 16.8. The highest BCUT2D eigenvalue weighted by Gasteiger charge is 2.01. The summed E-state index contributed by atoms with van der Waals surface area (Å²) in [7, 11) is 0. The Morgan fingerprint density at radius 2 is 1.83 bits per heavy atom. The summed E-state index contributed by atoms with van der Waals surface area (Å²) in [4.78, 5) is 4.40. The number of aryl methyl sites for hydroxylation is 2. The van der Waals surface area contributed by atoms with E-state index in [9.17, 15) is 0 Å². The molecule has 0 saturated carbocycles. The van der Waals surface area contributed by atoms with E-state index >= 15 is 0 Å². The molecular formula is C19H25N3O. The van der Waals surface area contributed by atoms with Crippen molar-refractivity contribution in [1.29, 1.82) is 0 Å². The van der Waals surface area contributed by atoms with Crippen LogP contribution in [0.4, 0.5) is 5.69 Å². The number of nitrogens with two attached hydrogens (primary N) is 1. The maximum atomic E-state index is 5.96. The normalized spacial score (nSPS) is 11.6. The minimum absolute atomic E-state index is 0.165. The summed E-state index contributed by atoms with van der Waals surface area (Å²) >= 11 is 0. The van der Waals surface area contributed by atoms with Crippen LogP contribution in [0.2, 0.25) is 0 Å². The van der Waals surface area contributed by atoms with Gasteiger partial charge in [0.1, 0.15) is 5.75 Å². The Labute approximate surface area is 138 Å². The molecule has 0 spiro atoms. The highest BCUT2D eigenvalue weighted by molar-refractivity contribution is 5.92. The van der Waals surface area contributed by atoms with E-state index < -0.39 is 0 Å². The molecule has 2 rings (SSSR count). The third-order valence-corrected chi connectivity index (χ3v) is 3.42. The van der Waals surface area contributed by atoms with Crippen molar-refractivity contribution in [2.75, 3.05) is 5.32 Å². The van der Waals surface area contributed by atoms with Gasteiger partial charge in [-0.15, -0.1) is 0 Å². The van der Waals surface area contributed by atoms with Gasteiger partial charge in [-0.2, -0.15) is 0 Å². The highest BCUT2D eigenvalue weighted by Crippen LogP contribution is 2.17. The summed E-state index contributed by atoms with van der Waals surface area (Å²) in [5.41, 5.74) is 10.5. The van der Waals surface area contributed by atoms with Crippen molar-refractivity contribution in [1.82, 2.24) is 0 Å². The maximum Gasteiger partial charge on any atom is 0.193 e. The number of nitrogens with one attached hydrogen (secondary N) is 1. The van der Waals surface area contributed by atoms with E-state index in [0.717, 1.165) is 11.4 Å². The molecule has 0 radical (unpaired) electrons. The van der Waals surface area contributed by atoms with Crippen LogP contribution in [-0.4, -0.2) is 12.1 Å². The van der Waals surface area contributed by atoms with E-state index in [0.29, 0.717) is 12.5 Å². The number of anilines is 1. The number of nitrogens with zero attached hydrogens (tertiary/aromatic N) is 1. The Morgan fingerprint density at radius 1 is 1.13 bits per heavy atom. The minimum atomic E-state index is 0.165. The maximum absolute atomic E-state index is 5.96. The van der Waals surface area contributed by atoms with Gasteiger partial charge in [0.05, 0.1) is 12.6 Å². The Morgan fingerprint density at radius 3 is 2.43 bits per heavy atom. The van der Waals surface area contributed by atoms with Gasteiger partial charge < -0.3 is 15.8 Å². The first-order valence-electron chi connectivity index (χ1n) is 7.84. The summed E-state index contributed by atoms with van der Waals surface area (Å²) in [6, 6.07) is 14.0. The monoisotopic (exact) mass is 311 g/mol. The second-order valence-electron chi connectivity index (χ2n) is 5.95. The molecule has 0 saturated heterocycles. The van der Waals surface area contributed by atoms with Crippen LogP contribution >= 0.6 is 0 Å². The smallest absolute Gasteiger partial charge is 0.193 e. The first-order chi connectivity index (χ1) is 10.9. The van der Waals surface area contributed by atoms with Gasteiger partial charge in [-0.25, -0.2) is 4.99 Å². The molecule has 2 aromatic carbocycles. The molecule has 23 heavy (non-hydrogen) atoms. The van der Waals surface area contributed by atoms with E-state index in [1.165, 1.54) is 16.7 Å². The predicted octanol–water partition coefficient (Wildman–Crippen LogP) is 4.02. The number of benzene rings is 2. The van der Waals surface area contributed by atoms with Crippen LogP contribution in [0.25, 0.3) is 0 Å². The zero-order valence-electron chi connectivity index (χ0n) is 14.3. The van der Waals surface area contributed by atoms with Crippen LogP contribution in [0.5, 0.6) is 5.75 Å². The topological polar surface area (TPSA) is 59.6 Å². The number of rotatable bonds is 5. The van der Waals surface area contributed by atoms with Gasteiger partial charge in [-0.05, 0) is 63.1 Å². The van der Waals surface area contributed by atoms with E-state index in [-0.39, 0.29) is 6.10 Å². The lowest BCUT2D eigenvalue weighted by Gasteiger charge is -2.11. The fourth-order valence-corrected chi connectivity index (χ4v) is 2.27. The van der Waals surface area contributed by atoms with Gasteiger partial charge in [0.25, 0.3) is 0 Å². The van der Waals surface area contributed by atoms with E-state index in [2.05, 4.69) is 42.4 Å². The van der Waals surface area contributed by atoms with Gasteiger partial charge >= 0.3 is 0 Å². The third-order valence-electron chi connectivity index (χ3n) is 3.42. The van der Waals surface area contributed by atoms with Crippen LogP contribution < -0.4 is 15.8 Å². The molecule has 4 heteroatoms. The molecule has 0 heterocycles. The standard InChI is InChI=1S/C19H25N3O/c1-13(2)23-18-9-7-17(8-10-18)22-19(20)21-12-16-6-5-14(3)11-15(16)4/h5-11,13H,12H2,1-4H3,(H3,20,21,22). The first-order valence-corrected chi connectivity index (χ1v) is 7.84. The minimum Gasteiger partial charge on any atom is -0.491 e. The van der Waals surface area contributed by atoms with Crippen LogP contribution in [0, 0.1) is 13.8 Å².